The first kappa shape index (κ1) is 11.8. The van der Waals surface area contributed by atoms with Crippen molar-refractivity contribution in [2.45, 2.75) is 13.3 Å². The molecule has 0 aliphatic carbocycles. The number of nitrogens with zero attached hydrogens (tertiary/aromatic N) is 1. The number of hydrogen-bond acceptors (Lipinski definition) is 3. The van der Waals surface area contributed by atoms with Crippen LogP contribution >= 0.6 is 11.8 Å². The SMILES string of the molecule is Cc1ccc2cccc(NCC3CCSC3)c2n1. The van der Waals surface area contributed by atoms with Crippen molar-refractivity contribution >= 4 is 28.4 Å². The van der Waals surface area contributed by atoms with E-state index in [1.807, 2.05) is 6.92 Å². The summed E-state index contributed by atoms with van der Waals surface area (Å²) in [6.07, 6.45) is 1.34. The van der Waals surface area contributed by atoms with Gasteiger partial charge in [-0.25, -0.2) is 0 Å². The molecule has 1 aromatic carbocycles. The lowest BCUT2D eigenvalue weighted by Gasteiger charge is -2.13. The maximum absolute atomic E-state index is 4.65. The molecule has 3 heteroatoms. The standard InChI is InChI=1S/C15H18N2S/c1-11-5-6-13-3-2-4-14(15(13)17-11)16-9-12-7-8-18-10-12/h2-6,12,16H,7-10H2,1H3. The molecule has 94 valence electrons. The molecule has 1 aliphatic rings. The Balaban J connectivity index is 1.84. The van der Waals surface area contributed by atoms with Crippen molar-refractivity contribution < 1.29 is 0 Å². The molecule has 0 radical (unpaired) electrons. The molecule has 1 aliphatic heterocycles. The number of anilines is 1. The number of benzene rings is 1. The van der Waals surface area contributed by atoms with Gasteiger partial charge < -0.3 is 5.32 Å². The van der Waals surface area contributed by atoms with E-state index in [1.165, 1.54) is 29.0 Å². The minimum Gasteiger partial charge on any atom is -0.383 e. The number of thioether (sulfide) groups is 1. The highest BCUT2D eigenvalue weighted by atomic mass is 32.2. The summed E-state index contributed by atoms with van der Waals surface area (Å²) in [5.74, 6) is 3.43. The number of nitrogens with one attached hydrogen (secondary N) is 1. The van der Waals surface area contributed by atoms with E-state index in [1.54, 1.807) is 0 Å². The van der Waals surface area contributed by atoms with Crippen molar-refractivity contribution in [3.05, 3.63) is 36.0 Å². The van der Waals surface area contributed by atoms with Gasteiger partial charge in [0.2, 0.25) is 0 Å². The fraction of sp³-hybridized carbons (Fsp3) is 0.400. The summed E-state index contributed by atoms with van der Waals surface area (Å²) in [4.78, 5) is 4.65. The predicted molar refractivity (Wildman–Crippen MR) is 80.4 cm³/mol. The summed E-state index contributed by atoms with van der Waals surface area (Å²) < 4.78 is 0. The highest BCUT2D eigenvalue weighted by Crippen LogP contribution is 2.26. The lowest BCUT2D eigenvalue weighted by molar-refractivity contribution is 0.632. The quantitative estimate of drug-likeness (QED) is 0.908. The van der Waals surface area contributed by atoms with E-state index >= 15 is 0 Å². The normalized spacial score (nSPS) is 19.3. The fourth-order valence-electron chi connectivity index (χ4n) is 2.39. The first-order valence-corrected chi connectivity index (χ1v) is 7.66. The third-order valence-electron chi connectivity index (χ3n) is 3.46. The van der Waals surface area contributed by atoms with Crippen molar-refractivity contribution in [1.29, 1.82) is 0 Å². The number of rotatable bonds is 3. The maximum Gasteiger partial charge on any atom is 0.0936 e. The van der Waals surface area contributed by atoms with Crippen LogP contribution in [0.3, 0.4) is 0 Å². The predicted octanol–water partition coefficient (Wildman–Crippen LogP) is 3.71. The molecule has 2 heterocycles. The summed E-state index contributed by atoms with van der Waals surface area (Å²) in [6.45, 7) is 3.12. The Morgan fingerprint density at radius 2 is 2.28 bits per heavy atom. The molecule has 2 nitrogen and oxygen atoms in total. The molecule has 1 unspecified atom stereocenters. The molecule has 1 atom stereocenters. The molecule has 0 bridgehead atoms. The lowest BCUT2D eigenvalue weighted by Crippen LogP contribution is -2.13. The van der Waals surface area contributed by atoms with Crippen LogP contribution in [0.2, 0.25) is 0 Å². The second-order valence-corrected chi connectivity index (χ2v) is 6.09. The maximum atomic E-state index is 4.65. The number of hydrogen-bond donors (Lipinski definition) is 1. The van der Waals surface area contributed by atoms with Gasteiger partial charge in [-0.15, -0.1) is 0 Å². The van der Waals surface area contributed by atoms with Crippen molar-refractivity contribution in [3.63, 3.8) is 0 Å². The van der Waals surface area contributed by atoms with Gasteiger partial charge in [-0.3, -0.25) is 4.98 Å². The second-order valence-electron chi connectivity index (χ2n) is 4.94. The fourth-order valence-corrected chi connectivity index (χ4v) is 3.67. The molecule has 18 heavy (non-hydrogen) atoms. The molecule has 1 fully saturated rings. The van der Waals surface area contributed by atoms with Gasteiger partial charge in [0.15, 0.2) is 0 Å². The smallest absolute Gasteiger partial charge is 0.0936 e. The summed E-state index contributed by atoms with van der Waals surface area (Å²) in [5.41, 5.74) is 3.35. The largest absolute Gasteiger partial charge is 0.383 e. The zero-order valence-electron chi connectivity index (χ0n) is 10.6. The van der Waals surface area contributed by atoms with Crippen molar-refractivity contribution in [3.8, 4) is 0 Å². The van der Waals surface area contributed by atoms with Crippen molar-refractivity contribution in [2.24, 2.45) is 5.92 Å². The van der Waals surface area contributed by atoms with Crippen LogP contribution in [0.15, 0.2) is 30.3 Å². The molecular formula is C15H18N2S. The Morgan fingerprint density at radius 3 is 3.11 bits per heavy atom. The molecule has 3 rings (SSSR count). The van der Waals surface area contributed by atoms with Gasteiger partial charge in [-0.2, -0.15) is 11.8 Å². The highest BCUT2D eigenvalue weighted by Gasteiger charge is 2.15. The van der Waals surface area contributed by atoms with Crippen LogP contribution in [0, 0.1) is 12.8 Å². The lowest BCUT2D eigenvalue weighted by atomic mass is 10.1. The summed E-state index contributed by atoms with van der Waals surface area (Å²) >= 11 is 2.07. The van der Waals surface area contributed by atoms with Gasteiger partial charge in [0.1, 0.15) is 0 Å². The number of fused-ring (bicyclic) bond motifs is 1. The summed E-state index contributed by atoms with van der Waals surface area (Å²) in [5, 5.41) is 4.80. The molecule has 0 amide bonds. The Labute approximate surface area is 112 Å². The van der Waals surface area contributed by atoms with Crippen LogP contribution in [0.4, 0.5) is 5.69 Å². The molecule has 1 saturated heterocycles. The number of para-hydroxylation sites is 1. The van der Waals surface area contributed by atoms with Crippen LogP contribution in [0.1, 0.15) is 12.1 Å². The Hall–Kier alpha value is -1.22. The third kappa shape index (κ3) is 2.46. The molecule has 2 aromatic rings. The summed E-state index contributed by atoms with van der Waals surface area (Å²) in [7, 11) is 0. The molecular weight excluding hydrogens is 240 g/mol. The van der Waals surface area contributed by atoms with Crippen molar-refractivity contribution in [2.75, 3.05) is 23.4 Å². The molecule has 1 aromatic heterocycles. The number of aryl methyl sites for hydroxylation is 1. The van der Waals surface area contributed by atoms with E-state index in [2.05, 4.69) is 52.4 Å². The van der Waals surface area contributed by atoms with E-state index < -0.39 is 0 Å². The van der Waals surface area contributed by atoms with Gasteiger partial charge in [-0.05, 0) is 42.9 Å². The third-order valence-corrected chi connectivity index (χ3v) is 4.70. The Bertz CT molecular complexity index is 547. The molecule has 0 spiro atoms. The topological polar surface area (TPSA) is 24.9 Å². The number of aromatic nitrogens is 1. The zero-order valence-corrected chi connectivity index (χ0v) is 11.5. The van der Waals surface area contributed by atoms with E-state index in [0.29, 0.717) is 0 Å². The van der Waals surface area contributed by atoms with E-state index in [4.69, 9.17) is 0 Å². The minimum absolute atomic E-state index is 0.815. The first-order chi connectivity index (χ1) is 8.83. The van der Waals surface area contributed by atoms with Crippen LogP contribution in [0.25, 0.3) is 10.9 Å². The van der Waals surface area contributed by atoms with E-state index in [0.717, 1.165) is 23.7 Å². The first-order valence-electron chi connectivity index (χ1n) is 6.51. The molecule has 0 saturated carbocycles. The van der Waals surface area contributed by atoms with E-state index in [-0.39, 0.29) is 0 Å². The number of pyridine rings is 1. The van der Waals surface area contributed by atoms with Crippen LogP contribution in [-0.2, 0) is 0 Å². The average molecular weight is 258 g/mol. The average Bonchev–Trinajstić information content (AvgIpc) is 2.89. The van der Waals surface area contributed by atoms with Gasteiger partial charge >= 0.3 is 0 Å². The monoisotopic (exact) mass is 258 g/mol. The van der Waals surface area contributed by atoms with Crippen LogP contribution in [0.5, 0.6) is 0 Å². The van der Waals surface area contributed by atoms with Gasteiger partial charge in [-0.1, -0.05) is 18.2 Å². The zero-order chi connectivity index (χ0) is 12.4. The van der Waals surface area contributed by atoms with E-state index in [9.17, 15) is 0 Å². The highest BCUT2D eigenvalue weighted by molar-refractivity contribution is 7.99. The van der Waals surface area contributed by atoms with Crippen LogP contribution in [-0.4, -0.2) is 23.0 Å². The second kappa shape index (κ2) is 5.19. The van der Waals surface area contributed by atoms with Gasteiger partial charge in [0.25, 0.3) is 0 Å². The minimum atomic E-state index is 0.815. The van der Waals surface area contributed by atoms with Crippen molar-refractivity contribution in [1.82, 2.24) is 4.98 Å². The summed E-state index contributed by atoms with van der Waals surface area (Å²) in [6, 6.07) is 10.6. The van der Waals surface area contributed by atoms with Gasteiger partial charge in [0, 0.05) is 17.6 Å². The van der Waals surface area contributed by atoms with Gasteiger partial charge in [0.05, 0.1) is 11.2 Å². The Morgan fingerprint density at radius 1 is 1.33 bits per heavy atom. The Kier molecular flexibility index (Phi) is 3.41. The molecule has 1 N–H and O–H groups in total. The van der Waals surface area contributed by atoms with Crippen LogP contribution < -0.4 is 5.32 Å².